The summed E-state index contributed by atoms with van der Waals surface area (Å²) in [5.41, 5.74) is 2.85. The third kappa shape index (κ3) is 3.38. The average molecular weight is 409 g/mol. The van der Waals surface area contributed by atoms with Gasteiger partial charge in [0.15, 0.2) is 0 Å². The minimum absolute atomic E-state index is 0.0581. The smallest absolute Gasteiger partial charge is 0.253 e. The number of rotatable bonds is 5. The van der Waals surface area contributed by atoms with Crippen LogP contribution in [0.3, 0.4) is 0 Å². The van der Waals surface area contributed by atoms with Gasteiger partial charge in [0.25, 0.3) is 5.91 Å². The number of benzene rings is 3. The van der Waals surface area contributed by atoms with Crippen molar-refractivity contribution in [3.63, 3.8) is 0 Å². The first-order valence-corrected chi connectivity index (χ1v) is 10.5. The van der Waals surface area contributed by atoms with Crippen molar-refractivity contribution in [2.45, 2.75) is 20.0 Å². The number of nitrogens with zero attached hydrogens (tertiary/aromatic N) is 2. The van der Waals surface area contributed by atoms with Gasteiger partial charge in [-0.1, -0.05) is 42.5 Å². The SMILES string of the molecule is CCn1cc(C(=O)NCc2ccc3cc(NC)ncc3c2)c2c3ccccc3ccc21. The van der Waals surface area contributed by atoms with E-state index in [1.54, 1.807) is 0 Å². The predicted molar refractivity (Wildman–Crippen MR) is 128 cm³/mol. The normalized spacial score (nSPS) is 11.3. The summed E-state index contributed by atoms with van der Waals surface area (Å²) in [4.78, 5) is 17.6. The van der Waals surface area contributed by atoms with E-state index >= 15 is 0 Å². The maximum Gasteiger partial charge on any atom is 0.253 e. The first kappa shape index (κ1) is 19.1. The number of carbonyl (C=O) groups is 1. The quantitative estimate of drug-likeness (QED) is 0.413. The Morgan fingerprint density at radius 1 is 1.00 bits per heavy atom. The molecule has 2 heterocycles. The predicted octanol–water partition coefficient (Wildman–Crippen LogP) is 5.33. The number of aromatic nitrogens is 2. The summed E-state index contributed by atoms with van der Waals surface area (Å²) in [6, 6.07) is 20.7. The van der Waals surface area contributed by atoms with Crippen LogP contribution in [0.5, 0.6) is 0 Å². The molecule has 0 bridgehead atoms. The molecule has 0 atom stereocenters. The number of amides is 1. The van der Waals surface area contributed by atoms with Crippen LogP contribution in [0.2, 0.25) is 0 Å². The van der Waals surface area contributed by atoms with Crippen molar-refractivity contribution in [2.24, 2.45) is 0 Å². The summed E-state index contributed by atoms with van der Waals surface area (Å²) in [5.74, 6) is 0.783. The second kappa shape index (κ2) is 7.76. The molecule has 5 aromatic rings. The van der Waals surface area contributed by atoms with Gasteiger partial charge in [0.05, 0.1) is 5.56 Å². The van der Waals surface area contributed by atoms with E-state index < -0.39 is 0 Å². The molecule has 0 fully saturated rings. The van der Waals surface area contributed by atoms with Gasteiger partial charge in [-0.2, -0.15) is 0 Å². The topological polar surface area (TPSA) is 59.0 Å². The van der Waals surface area contributed by atoms with Crippen LogP contribution in [-0.4, -0.2) is 22.5 Å². The average Bonchev–Trinajstić information content (AvgIpc) is 3.21. The molecule has 1 amide bonds. The zero-order chi connectivity index (χ0) is 21.4. The van der Waals surface area contributed by atoms with Crippen LogP contribution in [0.1, 0.15) is 22.8 Å². The van der Waals surface area contributed by atoms with E-state index in [0.29, 0.717) is 6.54 Å². The van der Waals surface area contributed by atoms with Gasteiger partial charge in [0, 0.05) is 48.8 Å². The van der Waals surface area contributed by atoms with Crippen molar-refractivity contribution in [2.75, 3.05) is 12.4 Å². The Balaban J connectivity index is 1.46. The molecule has 0 saturated carbocycles. The van der Waals surface area contributed by atoms with Crippen molar-refractivity contribution in [3.05, 3.63) is 84.2 Å². The Hall–Kier alpha value is -3.86. The third-order valence-corrected chi connectivity index (χ3v) is 5.85. The number of hydrogen-bond acceptors (Lipinski definition) is 3. The van der Waals surface area contributed by atoms with E-state index in [2.05, 4.69) is 63.5 Å². The lowest BCUT2D eigenvalue weighted by Crippen LogP contribution is -2.22. The molecule has 0 spiro atoms. The molecule has 0 aliphatic heterocycles. The summed E-state index contributed by atoms with van der Waals surface area (Å²) in [6.07, 6.45) is 3.82. The van der Waals surface area contributed by atoms with Crippen molar-refractivity contribution in [3.8, 4) is 0 Å². The number of anilines is 1. The molecule has 5 nitrogen and oxygen atoms in total. The van der Waals surface area contributed by atoms with E-state index in [-0.39, 0.29) is 5.91 Å². The number of aryl methyl sites for hydroxylation is 1. The summed E-state index contributed by atoms with van der Waals surface area (Å²) < 4.78 is 2.14. The Morgan fingerprint density at radius 2 is 1.84 bits per heavy atom. The minimum atomic E-state index is -0.0581. The van der Waals surface area contributed by atoms with E-state index in [9.17, 15) is 4.79 Å². The lowest BCUT2D eigenvalue weighted by Gasteiger charge is -2.08. The van der Waals surface area contributed by atoms with Crippen LogP contribution in [0, 0.1) is 0 Å². The van der Waals surface area contributed by atoms with Crippen LogP contribution >= 0.6 is 0 Å². The fourth-order valence-corrected chi connectivity index (χ4v) is 4.22. The Morgan fingerprint density at radius 3 is 2.68 bits per heavy atom. The van der Waals surface area contributed by atoms with E-state index in [4.69, 9.17) is 0 Å². The molecule has 0 radical (unpaired) electrons. The summed E-state index contributed by atoms with van der Waals surface area (Å²) in [5, 5.41) is 11.6. The fourth-order valence-electron chi connectivity index (χ4n) is 4.22. The van der Waals surface area contributed by atoms with E-state index in [1.807, 2.05) is 43.7 Å². The maximum atomic E-state index is 13.2. The zero-order valence-electron chi connectivity index (χ0n) is 17.6. The largest absolute Gasteiger partial charge is 0.373 e. The van der Waals surface area contributed by atoms with Gasteiger partial charge in [-0.05, 0) is 46.8 Å². The van der Waals surface area contributed by atoms with Gasteiger partial charge in [-0.3, -0.25) is 4.79 Å². The van der Waals surface area contributed by atoms with Gasteiger partial charge < -0.3 is 15.2 Å². The highest BCUT2D eigenvalue weighted by Crippen LogP contribution is 2.30. The summed E-state index contributed by atoms with van der Waals surface area (Å²) >= 11 is 0. The summed E-state index contributed by atoms with van der Waals surface area (Å²) in [6.45, 7) is 3.37. The molecule has 5 rings (SSSR count). The van der Waals surface area contributed by atoms with Crippen molar-refractivity contribution >= 4 is 44.2 Å². The minimum Gasteiger partial charge on any atom is -0.373 e. The van der Waals surface area contributed by atoms with Crippen LogP contribution < -0.4 is 10.6 Å². The maximum absolute atomic E-state index is 13.2. The molecule has 0 unspecified atom stereocenters. The Kier molecular flexibility index (Phi) is 4.79. The van der Waals surface area contributed by atoms with Gasteiger partial charge in [0.2, 0.25) is 0 Å². The van der Waals surface area contributed by atoms with Crippen molar-refractivity contribution in [1.82, 2.24) is 14.9 Å². The van der Waals surface area contributed by atoms with Gasteiger partial charge in [-0.25, -0.2) is 4.98 Å². The summed E-state index contributed by atoms with van der Waals surface area (Å²) in [7, 11) is 1.86. The molecule has 31 heavy (non-hydrogen) atoms. The number of pyridine rings is 1. The standard InChI is InChI=1S/C26H24N4O/c1-3-30-16-22(25-21-7-5-4-6-18(21)10-11-23(25)30)26(31)29-14-17-8-9-19-13-24(27-2)28-15-20(19)12-17/h4-13,15-16H,3,14H2,1-2H3,(H,27,28)(H,29,31). The molecule has 5 heteroatoms. The number of nitrogens with one attached hydrogen (secondary N) is 2. The first-order chi connectivity index (χ1) is 15.2. The second-order valence-electron chi connectivity index (χ2n) is 7.69. The van der Waals surface area contributed by atoms with Gasteiger partial charge in [0.1, 0.15) is 5.82 Å². The zero-order valence-corrected chi connectivity index (χ0v) is 17.6. The van der Waals surface area contributed by atoms with E-state index in [0.717, 1.165) is 55.9 Å². The molecule has 2 aromatic heterocycles. The second-order valence-corrected chi connectivity index (χ2v) is 7.69. The Labute approximate surface area is 180 Å². The molecule has 0 aliphatic carbocycles. The molecule has 2 N–H and O–H groups in total. The molecule has 3 aromatic carbocycles. The Bertz CT molecular complexity index is 1430. The third-order valence-electron chi connectivity index (χ3n) is 5.85. The van der Waals surface area contributed by atoms with Crippen LogP contribution in [0.15, 0.2) is 73.1 Å². The highest BCUT2D eigenvalue weighted by Gasteiger charge is 2.17. The van der Waals surface area contributed by atoms with Crippen LogP contribution in [-0.2, 0) is 13.1 Å². The van der Waals surface area contributed by atoms with Crippen LogP contribution in [0.25, 0.3) is 32.4 Å². The molecule has 154 valence electrons. The number of fused-ring (bicyclic) bond motifs is 4. The lowest BCUT2D eigenvalue weighted by molar-refractivity contribution is 0.0952. The fraction of sp³-hybridized carbons (Fsp3) is 0.154. The molecule has 0 saturated heterocycles. The lowest BCUT2D eigenvalue weighted by atomic mass is 10.0. The molecular formula is C26H24N4O. The van der Waals surface area contributed by atoms with E-state index in [1.165, 1.54) is 0 Å². The molecular weight excluding hydrogens is 384 g/mol. The van der Waals surface area contributed by atoms with Crippen molar-refractivity contribution in [1.29, 1.82) is 0 Å². The molecule has 0 aliphatic rings. The highest BCUT2D eigenvalue weighted by atomic mass is 16.1. The van der Waals surface area contributed by atoms with Crippen LogP contribution in [0.4, 0.5) is 5.82 Å². The first-order valence-electron chi connectivity index (χ1n) is 10.5. The van der Waals surface area contributed by atoms with Crippen molar-refractivity contribution < 1.29 is 4.79 Å². The van der Waals surface area contributed by atoms with Gasteiger partial charge in [-0.15, -0.1) is 0 Å². The number of carbonyl (C=O) groups excluding carboxylic acids is 1. The highest BCUT2D eigenvalue weighted by molar-refractivity contribution is 6.17. The van der Waals surface area contributed by atoms with Gasteiger partial charge >= 0.3 is 0 Å². The number of hydrogen-bond donors (Lipinski definition) is 2. The monoisotopic (exact) mass is 408 g/mol.